The third-order valence-corrected chi connectivity index (χ3v) is 3.67. The molecule has 0 radical (unpaired) electrons. The summed E-state index contributed by atoms with van der Waals surface area (Å²) in [5.41, 5.74) is 7.08. The first-order chi connectivity index (χ1) is 8.02. The van der Waals surface area contributed by atoms with Crippen molar-refractivity contribution >= 4 is 5.57 Å². The highest BCUT2D eigenvalue weighted by Crippen LogP contribution is 2.40. The molecule has 1 aliphatic rings. The molecule has 0 bridgehead atoms. The zero-order valence-electron chi connectivity index (χ0n) is 11.4. The normalized spacial score (nSPS) is 15.8. The van der Waals surface area contributed by atoms with Gasteiger partial charge < -0.3 is 0 Å². The fourth-order valence-corrected chi connectivity index (χ4v) is 2.84. The first kappa shape index (κ1) is 12.2. The summed E-state index contributed by atoms with van der Waals surface area (Å²) >= 11 is 0. The lowest BCUT2D eigenvalue weighted by Gasteiger charge is -2.29. The molecule has 1 aromatic rings. The predicted molar refractivity (Wildman–Crippen MR) is 75.9 cm³/mol. The zero-order chi connectivity index (χ0) is 12.6. The minimum absolute atomic E-state index is 0.563. The van der Waals surface area contributed by atoms with Gasteiger partial charge in [0.05, 0.1) is 0 Å². The molecular formula is C17H22. The van der Waals surface area contributed by atoms with Crippen molar-refractivity contribution in [3.8, 4) is 0 Å². The SMILES string of the molecule is C=C1C(C(C)C)=C(C(C)C)Cc2ccccc21. The fraction of sp³-hybridized carbons (Fsp3) is 0.412. The van der Waals surface area contributed by atoms with E-state index in [0.717, 1.165) is 6.42 Å². The average Bonchev–Trinajstić information content (AvgIpc) is 2.28. The third kappa shape index (κ3) is 2.09. The number of hydrogen-bond donors (Lipinski definition) is 0. The lowest BCUT2D eigenvalue weighted by molar-refractivity contribution is 0.682. The number of allylic oxidation sites excluding steroid dienone is 3. The van der Waals surface area contributed by atoms with Crippen molar-refractivity contribution in [2.75, 3.05) is 0 Å². The van der Waals surface area contributed by atoms with E-state index in [2.05, 4.69) is 58.5 Å². The van der Waals surface area contributed by atoms with Crippen molar-refractivity contribution in [1.82, 2.24) is 0 Å². The van der Waals surface area contributed by atoms with E-state index in [1.165, 1.54) is 22.3 Å². The number of fused-ring (bicyclic) bond motifs is 1. The monoisotopic (exact) mass is 226 g/mol. The van der Waals surface area contributed by atoms with Crippen LogP contribution in [0.3, 0.4) is 0 Å². The van der Waals surface area contributed by atoms with Gasteiger partial charge in [0.15, 0.2) is 0 Å². The van der Waals surface area contributed by atoms with Gasteiger partial charge >= 0.3 is 0 Å². The second-order valence-electron chi connectivity index (χ2n) is 5.56. The highest BCUT2D eigenvalue weighted by molar-refractivity contribution is 5.82. The molecular weight excluding hydrogens is 204 g/mol. The van der Waals surface area contributed by atoms with Gasteiger partial charge in [-0.2, -0.15) is 0 Å². The number of hydrogen-bond acceptors (Lipinski definition) is 0. The Labute approximate surface area is 105 Å². The average molecular weight is 226 g/mol. The van der Waals surface area contributed by atoms with Crippen LogP contribution >= 0.6 is 0 Å². The molecule has 0 atom stereocenters. The molecule has 0 N–H and O–H groups in total. The Kier molecular flexibility index (Phi) is 3.24. The van der Waals surface area contributed by atoms with E-state index in [9.17, 15) is 0 Å². The quantitative estimate of drug-likeness (QED) is 0.675. The Morgan fingerprint density at radius 3 is 2.24 bits per heavy atom. The van der Waals surface area contributed by atoms with Gasteiger partial charge in [0.1, 0.15) is 0 Å². The van der Waals surface area contributed by atoms with Gasteiger partial charge in [0.25, 0.3) is 0 Å². The molecule has 17 heavy (non-hydrogen) atoms. The minimum Gasteiger partial charge on any atom is -0.0909 e. The van der Waals surface area contributed by atoms with Crippen LogP contribution in [-0.2, 0) is 6.42 Å². The molecule has 0 spiro atoms. The second kappa shape index (κ2) is 4.52. The summed E-state index contributed by atoms with van der Waals surface area (Å²) in [4.78, 5) is 0. The Bertz CT molecular complexity index is 473. The molecule has 0 saturated carbocycles. The minimum atomic E-state index is 0.563. The molecule has 0 saturated heterocycles. The molecule has 0 unspecified atom stereocenters. The maximum Gasteiger partial charge on any atom is -0.00522 e. The summed E-state index contributed by atoms with van der Waals surface area (Å²) in [6.45, 7) is 13.5. The molecule has 0 amide bonds. The van der Waals surface area contributed by atoms with E-state index in [1.54, 1.807) is 5.57 Å². The summed E-state index contributed by atoms with van der Waals surface area (Å²) in [5.74, 6) is 1.17. The third-order valence-electron chi connectivity index (χ3n) is 3.67. The molecule has 0 heterocycles. The first-order valence-electron chi connectivity index (χ1n) is 6.52. The predicted octanol–water partition coefficient (Wildman–Crippen LogP) is 4.86. The van der Waals surface area contributed by atoms with E-state index in [1.807, 2.05) is 0 Å². The highest BCUT2D eigenvalue weighted by atomic mass is 14.3. The molecule has 90 valence electrons. The highest BCUT2D eigenvalue weighted by Gasteiger charge is 2.24. The van der Waals surface area contributed by atoms with Crippen molar-refractivity contribution in [3.05, 3.63) is 53.1 Å². The molecule has 0 heteroatoms. The van der Waals surface area contributed by atoms with Gasteiger partial charge in [0.2, 0.25) is 0 Å². The molecule has 1 aromatic carbocycles. The Hall–Kier alpha value is -1.30. The summed E-state index contributed by atoms with van der Waals surface area (Å²) in [6.07, 6.45) is 1.10. The largest absolute Gasteiger partial charge is 0.0909 e. The molecule has 0 nitrogen and oxygen atoms in total. The molecule has 0 aromatic heterocycles. The standard InChI is InChI=1S/C17H22/c1-11(2)16-10-14-8-6-7-9-15(14)13(5)17(16)12(3)4/h6-9,11-12H,5,10H2,1-4H3. The van der Waals surface area contributed by atoms with E-state index < -0.39 is 0 Å². The van der Waals surface area contributed by atoms with Crippen molar-refractivity contribution in [2.45, 2.75) is 34.1 Å². The van der Waals surface area contributed by atoms with Gasteiger partial charge in [-0.15, -0.1) is 0 Å². The lowest BCUT2D eigenvalue weighted by atomic mass is 9.75. The Balaban J connectivity index is 2.57. The summed E-state index contributed by atoms with van der Waals surface area (Å²) < 4.78 is 0. The van der Waals surface area contributed by atoms with Gasteiger partial charge in [-0.1, -0.05) is 64.1 Å². The summed E-state index contributed by atoms with van der Waals surface area (Å²) in [5, 5.41) is 0. The zero-order valence-corrected chi connectivity index (χ0v) is 11.4. The fourth-order valence-electron chi connectivity index (χ4n) is 2.84. The van der Waals surface area contributed by atoms with Gasteiger partial charge in [-0.05, 0) is 40.5 Å². The van der Waals surface area contributed by atoms with Gasteiger partial charge in [-0.25, -0.2) is 0 Å². The lowest BCUT2D eigenvalue weighted by Crippen LogP contribution is -2.14. The van der Waals surface area contributed by atoms with Crippen molar-refractivity contribution < 1.29 is 0 Å². The number of benzene rings is 1. The Morgan fingerprint density at radius 2 is 1.65 bits per heavy atom. The number of rotatable bonds is 2. The summed E-state index contributed by atoms with van der Waals surface area (Å²) in [6, 6.07) is 8.68. The van der Waals surface area contributed by atoms with Crippen molar-refractivity contribution in [2.24, 2.45) is 11.8 Å². The van der Waals surface area contributed by atoms with Gasteiger partial charge in [-0.3, -0.25) is 0 Å². The van der Waals surface area contributed by atoms with Crippen LogP contribution in [-0.4, -0.2) is 0 Å². The second-order valence-corrected chi connectivity index (χ2v) is 5.56. The molecule has 1 aliphatic carbocycles. The van der Waals surface area contributed by atoms with Crippen LogP contribution in [0, 0.1) is 11.8 Å². The smallest absolute Gasteiger partial charge is 0.00522 e. The van der Waals surface area contributed by atoms with Crippen molar-refractivity contribution in [3.63, 3.8) is 0 Å². The topological polar surface area (TPSA) is 0 Å². The van der Waals surface area contributed by atoms with Crippen LogP contribution in [0.4, 0.5) is 0 Å². The van der Waals surface area contributed by atoms with Crippen LogP contribution in [0.5, 0.6) is 0 Å². The van der Waals surface area contributed by atoms with Crippen LogP contribution in [0.2, 0.25) is 0 Å². The Morgan fingerprint density at radius 1 is 1.00 bits per heavy atom. The first-order valence-corrected chi connectivity index (χ1v) is 6.52. The molecule has 0 aliphatic heterocycles. The van der Waals surface area contributed by atoms with E-state index in [4.69, 9.17) is 0 Å². The summed E-state index contributed by atoms with van der Waals surface area (Å²) in [7, 11) is 0. The van der Waals surface area contributed by atoms with E-state index >= 15 is 0 Å². The van der Waals surface area contributed by atoms with Gasteiger partial charge in [0, 0.05) is 0 Å². The molecule has 2 rings (SSSR count). The van der Waals surface area contributed by atoms with Crippen LogP contribution < -0.4 is 0 Å². The van der Waals surface area contributed by atoms with Crippen LogP contribution in [0.1, 0.15) is 38.8 Å². The van der Waals surface area contributed by atoms with Crippen LogP contribution in [0.15, 0.2) is 42.0 Å². The maximum absolute atomic E-state index is 4.33. The molecule has 0 fully saturated rings. The van der Waals surface area contributed by atoms with Crippen molar-refractivity contribution in [1.29, 1.82) is 0 Å². The maximum atomic E-state index is 4.33. The van der Waals surface area contributed by atoms with E-state index in [-0.39, 0.29) is 0 Å². The van der Waals surface area contributed by atoms with E-state index in [0.29, 0.717) is 11.8 Å². The van der Waals surface area contributed by atoms with Crippen LogP contribution in [0.25, 0.3) is 5.57 Å².